The van der Waals surface area contributed by atoms with Crippen molar-refractivity contribution in [1.82, 2.24) is 9.46 Å². The van der Waals surface area contributed by atoms with Gasteiger partial charge in [0.1, 0.15) is 11.5 Å². The number of amides is 1. The molecule has 3 aromatic rings. The smallest absolute Gasteiger partial charge is 0.248 e. The van der Waals surface area contributed by atoms with Crippen LogP contribution in [0.25, 0.3) is 12.2 Å². The topological polar surface area (TPSA) is 92.5 Å². The van der Waals surface area contributed by atoms with Crippen LogP contribution in [-0.2, 0) is 14.8 Å². The Labute approximate surface area is 205 Å². The number of piperidine rings is 1. The molecule has 1 saturated heterocycles. The minimum absolute atomic E-state index is 0.0152. The second-order valence-electron chi connectivity index (χ2n) is 8.02. The zero-order valence-corrected chi connectivity index (χ0v) is 20.8. The Balaban J connectivity index is 1.54. The van der Waals surface area contributed by atoms with Crippen molar-refractivity contribution in [2.24, 2.45) is 5.92 Å². The predicted molar refractivity (Wildman–Crippen MR) is 131 cm³/mol. The molecule has 0 radical (unpaired) electrons. The lowest BCUT2D eigenvalue weighted by Crippen LogP contribution is -2.43. The third-order valence-corrected chi connectivity index (χ3v) is 8.11. The van der Waals surface area contributed by atoms with Gasteiger partial charge in [-0.15, -0.1) is 0 Å². The fourth-order valence-electron chi connectivity index (χ4n) is 3.89. The number of rotatable bonds is 6. The minimum atomic E-state index is -4.00. The van der Waals surface area contributed by atoms with E-state index < -0.39 is 21.8 Å². The van der Waals surface area contributed by atoms with Gasteiger partial charge in [0.2, 0.25) is 15.9 Å². The van der Waals surface area contributed by atoms with Crippen molar-refractivity contribution in [2.45, 2.75) is 24.7 Å². The number of hydrogen-bond acceptors (Lipinski definition) is 5. The lowest BCUT2D eigenvalue weighted by molar-refractivity contribution is -0.120. The number of sulfonamides is 1. The summed E-state index contributed by atoms with van der Waals surface area (Å²) in [5.74, 6) is -1.16. The zero-order valence-electron chi connectivity index (χ0n) is 18.4. The second kappa shape index (κ2) is 10.2. The SMILES string of the molecule is Cc1noc(/C=C/c2ccccc2F)c1S(=O)(=O)N1CCC[C@H](C(=O)Nc2cccc(Br)c2)C1. The molecule has 0 aliphatic carbocycles. The van der Waals surface area contributed by atoms with Crippen LogP contribution in [-0.4, -0.2) is 36.9 Å². The van der Waals surface area contributed by atoms with Crippen LogP contribution in [0, 0.1) is 18.7 Å². The monoisotopic (exact) mass is 547 g/mol. The van der Waals surface area contributed by atoms with Crippen LogP contribution in [0.4, 0.5) is 10.1 Å². The van der Waals surface area contributed by atoms with Gasteiger partial charge in [0, 0.05) is 28.8 Å². The molecule has 34 heavy (non-hydrogen) atoms. The van der Waals surface area contributed by atoms with Crippen molar-refractivity contribution < 1.29 is 22.1 Å². The van der Waals surface area contributed by atoms with Gasteiger partial charge in [-0.1, -0.05) is 45.4 Å². The summed E-state index contributed by atoms with van der Waals surface area (Å²) in [6.45, 7) is 1.87. The van der Waals surface area contributed by atoms with Gasteiger partial charge in [-0.25, -0.2) is 12.8 Å². The molecule has 4 rings (SSSR count). The van der Waals surface area contributed by atoms with E-state index in [-0.39, 0.29) is 35.3 Å². The maximum Gasteiger partial charge on any atom is 0.248 e. The molecule has 2 aromatic carbocycles. The van der Waals surface area contributed by atoms with Crippen molar-refractivity contribution in [1.29, 1.82) is 0 Å². The van der Waals surface area contributed by atoms with E-state index in [1.807, 2.05) is 12.1 Å². The molecule has 1 aliphatic rings. The molecule has 0 bridgehead atoms. The summed E-state index contributed by atoms with van der Waals surface area (Å²) < 4.78 is 48.4. The first-order chi connectivity index (χ1) is 16.3. The molecule has 1 amide bonds. The van der Waals surface area contributed by atoms with Crippen LogP contribution in [0.5, 0.6) is 0 Å². The molecule has 2 heterocycles. The van der Waals surface area contributed by atoms with Crippen LogP contribution in [0.3, 0.4) is 0 Å². The summed E-state index contributed by atoms with van der Waals surface area (Å²) in [6.07, 6.45) is 3.96. The first kappa shape index (κ1) is 24.3. The van der Waals surface area contributed by atoms with Crippen LogP contribution in [0.1, 0.15) is 29.9 Å². The van der Waals surface area contributed by atoms with Gasteiger partial charge in [-0.2, -0.15) is 4.31 Å². The summed E-state index contributed by atoms with van der Waals surface area (Å²) in [6, 6.07) is 13.4. The largest absolute Gasteiger partial charge is 0.355 e. The van der Waals surface area contributed by atoms with Crippen molar-refractivity contribution in [2.75, 3.05) is 18.4 Å². The average Bonchev–Trinajstić information content (AvgIpc) is 3.19. The summed E-state index contributed by atoms with van der Waals surface area (Å²) in [5, 5.41) is 6.68. The number of halogens is 2. The number of anilines is 1. The number of nitrogens with one attached hydrogen (secondary N) is 1. The Hall–Kier alpha value is -2.82. The first-order valence-electron chi connectivity index (χ1n) is 10.7. The highest BCUT2D eigenvalue weighted by Gasteiger charge is 2.37. The van der Waals surface area contributed by atoms with Gasteiger partial charge in [-0.05, 0) is 56.2 Å². The van der Waals surface area contributed by atoms with Crippen molar-refractivity contribution in [3.63, 3.8) is 0 Å². The van der Waals surface area contributed by atoms with E-state index in [1.54, 1.807) is 30.3 Å². The molecule has 0 spiro atoms. The Morgan fingerprint density at radius 2 is 2.03 bits per heavy atom. The van der Waals surface area contributed by atoms with E-state index in [1.165, 1.54) is 29.4 Å². The van der Waals surface area contributed by atoms with Crippen molar-refractivity contribution >= 4 is 49.7 Å². The van der Waals surface area contributed by atoms with E-state index in [2.05, 4.69) is 26.4 Å². The molecule has 1 fully saturated rings. The highest BCUT2D eigenvalue weighted by molar-refractivity contribution is 9.10. The van der Waals surface area contributed by atoms with Crippen LogP contribution >= 0.6 is 15.9 Å². The molecule has 0 saturated carbocycles. The first-order valence-corrected chi connectivity index (χ1v) is 12.9. The van der Waals surface area contributed by atoms with Gasteiger partial charge in [0.25, 0.3) is 0 Å². The molecule has 178 valence electrons. The lowest BCUT2D eigenvalue weighted by atomic mass is 9.99. The molecule has 1 atom stereocenters. The van der Waals surface area contributed by atoms with Crippen LogP contribution < -0.4 is 5.32 Å². The molecular weight excluding hydrogens is 525 g/mol. The summed E-state index contributed by atoms with van der Waals surface area (Å²) in [7, 11) is -4.00. The second-order valence-corrected chi connectivity index (χ2v) is 10.8. The van der Waals surface area contributed by atoms with Gasteiger partial charge < -0.3 is 9.84 Å². The fourth-order valence-corrected chi connectivity index (χ4v) is 6.06. The fraction of sp³-hybridized carbons (Fsp3) is 0.250. The van der Waals surface area contributed by atoms with Crippen LogP contribution in [0.15, 0.2) is 62.4 Å². The summed E-state index contributed by atoms with van der Waals surface area (Å²) in [5.41, 5.74) is 1.13. The zero-order chi connectivity index (χ0) is 24.3. The summed E-state index contributed by atoms with van der Waals surface area (Å²) >= 11 is 3.37. The third-order valence-electron chi connectivity index (χ3n) is 5.60. The van der Waals surface area contributed by atoms with Gasteiger partial charge >= 0.3 is 0 Å². The number of carbonyl (C=O) groups is 1. The number of benzene rings is 2. The molecule has 1 aliphatic heterocycles. The quantitative estimate of drug-likeness (QED) is 0.463. The van der Waals surface area contributed by atoms with Gasteiger partial charge in [0.05, 0.1) is 5.92 Å². The van der Waals surface area contributed by atoms with Crippen molar-refractivity contribution in [3.8, 4) is 0 Å². The maximum absolute atomic E-state index is 14.0. The molecular formula is C24H23BrFN3O4S. The minimum Gasteiger partial charge on any atom is -0.355 e. The van der Waals surface area contributed by atoms with E-state index >= 15 is 0 Å². The van der Waals surface area contributed by atoms with Gasteiger partial charge in [0.15, 0.2) is 10.7 Å². The molecule has 1 aromatic heterocycles. The highest BCUT2D eigenvalue weighted by Crippen LogP contribution is 2.30. The number of hydrogen-bond donors (Lipinski definition) is 1. The molecule has 7 nitrogen and oxygen atoms in total. The summed E-state index contributed by atoms with van der Waals surface area (Å²) in [4.78, 5) is 12.8. The van der Waals surface area contributed by atoms with E-state index in [4.69, 9.17) is 4.52 Å². The molecule has 0 unspecified atom stereocenters. The standard InChI is InChI=1S/C24H23BrFN3O4S/c1-16-23(22(33-28-16)12-11-17-6-2-3-10-21(17)26)34(31,32)29-13-5-7-18(15-29)24(30)27-20-9-4-8-19(25)14-20/h2-4,6,8-12,14,18H,5,7,13,15H2,1H3,(H,27,30)/b12-11+/t18-/m0/s1. The maximum atomic E-state index is 14.0. The number of aromatic nitrogens is 1. The number of aryl methyl sites for hydroxylation is 1. The number of nitrogens with zero attached hydrogens (tertiary/aromatic N) is 2. The normalized spacial score (nSPS) is 17.2. The van der Waals surface area contributed by atoms with Crippen LogP contribution in [0.2, 0.25) is 0 Å². The lowest BCUT2D eigenvalue weighted by Gasteiger charge is -2.31. The molecule has 10 heteroatoms. The number of carbonyl (C=O) groups excluding carboxylic acids is 1. The van der Waals surface area contributed by atoms with E-state index in [0.29, 0.717) is 24.1 Å². The predicted octanol–water partition coefficient (Wildman–Crippen LogP) is 5.09. The Bertz CT molecular complexity index is 1340. The Morgan fingerprint density at radius 3 is 2.79 bits per heavy atom. The Kier molecular flexibility index (Phi) is 7.30. The van der Waals surface area contributed by atoms with E-state index in [9.17, 15) is 17.6 Å². The van der Waals surface area contributed by atoms with Gasteiger partial charge in [-0.3, -0.25) is 4.79 Å². The van der Waals surface area contributed by atoms with E-state index in [0.717, 1.165) is 4.47 Å². The molecule has 1 N–H and O–H groups in total. The third kappa shape index (κ3) is 5.29. The van der Waals surface area contributed by atoms with Crippen molar-refractivity contribution in [3.05, 3.63) is 75.8 Å². The highest BCUT2D eigenvalue weighted by atomic mass is 79.9. The average molecular weight is 548 g/mol. The Morgan fingerprint density at radius 1 is 1.24 bits per heavy atom.